The molecule has 1 aliphatic heterocycles. The molecule has 3 aliphatic rings. The Kier molecular flexibility index (Phi) is 4.46. The van der Waals surface area contributed by atoms with Crippen molar-refractivity contribution in [3.63, 3.8) is 0 Å². The van der Waals surface area contributed by atoms with Crippen LogP contribution >= 0.6 is 0 Å². The van der Waals surface area contributed by atoms with E-state index in [2.05, 4.69) is 125 Å². The lowest BCUT2D eigenvalue weighted by molar-refractivity contribution is 0.483. The molecule has 7 aromatic rings. The van der Waals surface area contributed by atoms with Crippen LogP contribution in [0.4, 0.5) is 0 Å². The van der Waals surface area contributed by atoms with E-state index in [-0.39, 0.29) is 0 Å². The molecule has 1 fully saturated rings. The molecule has 0 spiro atoms. The normalized spacial score (nSPS) is 18.9. The Balaban J connectivity index is 1.19. The van der Waals surface area contributed by atoms with Crippen molar-refractivity contribution >= 4 is 49.2 Å². The van der Waals surface area contributed by atoms with Gasteiger partial charge in [0.15, 0.2) is 0 Å². The standard InChI is InChI=1S/C39H28N2O/c1-2-8-23(9-3-1)24-14-16-25(17-15-24)41-33-13-7-5-11-28(33)37-34(41)20-21-35-38(37)30-22-29(30)26-18-19-32-36(39(26)42-35)27-10-4-6-12-31(27)40-32/h2,4-21,29-30,40H,1,3,22H2. The van der Waals surface area contributed by atoms with Crippen molar-refractivity contribution in [2.75, 3.05) is 0 Å². The van der Waals surface area contributed by atoms with Gasteiger partial charge in [0.25, 0.3) is 0 Å². The molecule has 0 radical (unpaired) electrons. The summed E-state index contributed by atoms with van der Waals surface area (Å²) < 4.78 is 9.43. The third-order valence-corrected chi connectivity index (χ3v) is 9.72. The van der Waals surface area contributed by atoms with Crippen LogP contribution in [0.2, 0.25) is 0 Å². The van der Waals surface area contributed by atoms with Crippen molar-refractivity contribution in [3.8, 4) is 17.2 Å². The first-order chi connectivity index (χ1) is 20.8. The van der Waals surface area contributed by atoms with Crippen LogP contribution in [0.25, 0.3) is 54.9 Å². The van der Waals surface area contributed by atoms with Gasteiger partial charge < -0.3 is 14.3 Å². The second kappa shape index (κ2) is 8.27. The number of nitrogens with one attached hydrogen (secondary N) is 1. The van der Waals surface area contributed by atoms with E-state index in [0.717, 1.165) is 41.8 Å². The van der Waals surface area contributed by atoms with Crippen molar-refractivity contribution in [1.82, 2.24) is 9.55 Å². The summed E-state index contributed by atoms with van der Waals surface area (Å²) >= 11 is 0. The van der Waals surface area contributed by atoms with E-state index >= 15 is 0 Å². The molecule has 2 atom stereocenters. The maximum Gasteiger partial charge on any atom is 0.140 e. The van der Waals surface area contributed by atoms with Crippen LogP contribution in [0.3, 0.4) is 0 Å². The number of ether oxygens (including phenoxy) is 1. The van der Waals surface area contributed by atoms with Gasteiger partial charge >= 0.3 is 0 Å². The highest BCUT2D eigenvalue weighted by Crippen LogP contribution is 2.64. The Morgan fingerprint density at radius 3 is 2.43 bits per heavy atom. The van der Waals surface area contributed by atoms with Crippen molar-refractivity contribution in [2.24, 2.45) is 0 Å². The van der Waals surface area contributed by atoms with Crippen LogP contribution in [-0.2, 0) is 0 Å². The number of benzene rings is 5. The largest absolute Gasteiger partial charge is 0.456 e. The molecular weight excluding hydrogens is 512 g/mol. The fourth-order valence-corrected chi connectivity index (χ4v) is 7.73. The predicted octanol–water partition coefficient (Wildman–Crippen LogP) is 10.5. The SMILES string of the molecule is C1=CC(c2ccc(-n3c4ccccc4c4c5c(ccc43)Oc3c(ccc4[nH]c6ccccc6c34)C3CC53)cc2)=CCC1. The lowest BCUT2D eigenvalue weighted by atomic mass is 9.98. The summed E-state index contributed by atoms with van der Waals surface area (Å²) in [5.41, 5.74) is 11.3. The monoisotopic (exact) mass is 540 g/mol. The summed E-state index contributed by atoms with van der Waals surface area (Å²) in [7, 11) is 0. The van der Waals surface area contributed by atoms with Gasteiger partial charge in [0.05, 0.1) is 21.9 Å². The van der Waals surface area contributed by atoms with Crippen LogP contribution in [0.1, 0.15) is 47.8 Å². The number of hydrogen-bond donors (Lipinski definition) is 1. The lowest BCUT2D eigenvalue weighted by Crippen LogP contribution is -1.96. The van der Waals surface area contributed by atoms with Gasteiger partial charge in [0.2, 0.25) is 0 Å². The average molecular weight is 541 g/mol. The Morgan fingerprint density at radius 2 is 1.55 bits per heavy atom. The minimum atomic E-state index is 0.458. The van der Waals surface area contributed by atoms with Crippen molar-refractivity contribution in [2.45, 2.75) is 31.1 Å². The summed E-state index contributed by atoms with van der Waals surface area (Å²) in [6, 6.07) is 35.5. The number of aromatic amines is 1. The molecule has 3 heteroatoms. The van der Waals surface area contributed by atoms with Gasteiger partial charge in [-0.3, -0.25) is 0 Å². The van der Waals surface area contributed by atoms with Crippen LogP contribution < -0.4 is 4.74 Å². The molecule has 0 saturated heterocycles. The molecule has 1 saturated carbocycles. The van der Waals surface area contributed by atoms with E-state index in [9.17, 15) is 0 Å². The van der Waals surface area contributed by atoms with E-state index in [4.69, 9.17) is 4.74 Å². The van der Waals surface area contributed by atoms with Crippen LogP contribution in [-0.4, -0.2) is 9.55 Å². The number of para-hydroxylation sites is 2. The fourth-order valence-electron chi connectivity index (χ4n) is 7.73. The molecule has 5 aromatic carbocycles. The molecular formula is C39H28N2O. The zero-order valence-electron chi connectivity index (χ0n) is 23.1. The van der Waals surface area contributed by atoms with Crippen molar-refractivity contribution < 1.29 is 4.74 Å². The Hall–Kier alpha value is -5.02. The van der Waals surface area contributed by atoms with Gasteiger partial charge in [0.1, 0.15) is 11.5 Å². The van der Waals surface area contributed by atoms with Gasteiger partial charge in [-0.25, -0.2) is 0 Å². The highest BCUT2D eigenvalue weighted by atomic mass is 16.5. The Bertz CT molecular complexity index is 2310. The van der Waals surface area contributed by atoms with Crippen LogP contribution in [0, 0.1) is 0 Å². The Morgan fingerprint density at radius 1 is 0.690 bits per heavy atom. The van der Waals surface area contributed by atoms with Crippen molar-refractivity contribution in [3.05, 3.63) is 132 Å². The molecule has 0 amide bonds. The first kappa shape index (κ1) is 22.6. The van der Waals surface area contributed by atoms with Gasteiger partial charge in [-0.05, 0) is 90.3 Å². The van der Waals surface area contributed by atoms with E-state index in [1.165, 1.54) is 60.5 Å². The third kappa shape index (κ3) is 3.06. The molecule has 42 heavy (non-hydrogen) atoms. The number of H-pyrrole nitrogens is 1. The first-order valence-electron chi connectivity index (χ1n) is 15.1. The van der Waals surface area contributed by atoms with E-state index in [0.29, 0.717) is 11.8 Å². The fraction of sp³-hybridized carbons (Fsp3) is 0.128. The first-order valence-corrected chi connectivity index (χ1v) is 15.1. The smallest absolute Gasteiger partial charge is 0.140 e. The second-order valence-corrected chi connectivity index (χ2v) is 12.0. The summed E-state index contributed by atoms with van der Waals surface area (Å²) in [4.78, 5) is 3.61. The van der Waals surface area contributed by atoms with Crippen molar-refractivity contribution in [1.29, 1.82) is 0 Å². The van der Waals surface area contributed by atoms with Crippen LogP contribution in [0.15, 0.2) is 115 Å². The molecule has 2 aromatic heterocycles. The number of rotatable bonds is 2. The van der Waals surface area contributed by atoms with E-state index in [1.807, 2.05) is 0 Å². The molecule has 1 N–H and O–H groups in total. The molecule has 2 aliphatic carbocycles. The molecule has 3 nitrogen and oxygen atoms in total. The van der Waals surface area contributed by atoms with Gasteiger partial charge in [-0.15, -0.1) is 0 Å². The lowest BCUT2D eigenvalue weighted by Gasteiger charge is -2.14. The van der Waals surface area contributed by atoms with E-state index in [1.54, 1.807) is 0 Å². The minimum Gasteiger partial charge on any atom is -0.456 e. The molecule has 2 unspecified atom stereocenters. The molecule has 200 valence electrons. The summed E-state index contributed by atoms with van der Waals surface area (Å²) in [6.07, 6.45) is 10.3. The zero-order valence-corrected chi connectivity index (χ0v) is 23.1. The molecule has 3 heterocycles. The highest BCUT2D eigenvalue weighted by Gasteiger charge is 2.46. The molecule has 10 rings (SSSR count). The summed E-state index contributed by atoms with van der Waals surface area (Å²) in [6.45, 7) is 0. The van der Waals surface area contributed by atoms with Gasteiger partial charge in [0, 0.05) is 32.9 Å². The number of nitrogens with zero attached hydrogens (tertiary/aromatic N) is 1. The Labute approximate surface area is 243 Å². The summed E-state index contributed by atoms with van der Waals surface area (Å²) in [5.74, 6) is 2.96. The maximum atomic E-state index is 7.00. The summed E-state index contributed by atoms with van der Waals surface area (Å²) in [5, 5.41) is 5.06. The highest BCUT2D eigenvalue weighted by molar-refractivity contribution is 6.13. The van der Waals surface area contributed by atoms with Gasteiger partial charge in [-0.1, -0.05) is 72.8 Å². The number of hydrogen-bond acceptors (Lipinski definition) is 1. The zero-order chi connectivity index (χ0) is 27.4. The quantitative estimate of drug-likeness (QED) is 0.232. The predicted molar refractivity (Wildman–Crippen MR) is 173 cm³/mol. The number of aromatic nitrogens is 2. The second-order valence-electron chi connectivity index (χ2n) is 12.0. The number of allylic oxidation sites excluding steroid dienone is 4. The number of fused-ring (bicyclic) bond motifs is 13. The average Bonchev–Trinajstić information content (AvgIpc) is 3.65. The van der Waals surface area contributed by atoms with E-state index < -0.39 is 0 Å². The minimum absolute atomic E-state index is 0.458. The van der Waals surface area contributed by atoms with Gasteiger partial charge in [-0.2, -0.15) is 0 Å². The van der Waals surface area contributed by atoms with Crippen LogP contribution in [0.5, 0.6) is 11.5 Å². The topological polar surface area (TPSA) is 29.9 Å². The molecule has 0 bridgehead atoms. The maximum absolute atomic E-state index is 7.00. The third-order valence-electron chi connectivity index (χ3n) is 9.72.